The highest BCUT2D eigenvalue weighted by atomic mass is 35.5. The van der Waals surface area contributed by atoms with Gasteiger partial charge in [0.15, 0.2) is 0 Å². The number of alkyl halides is 1. The van der Waals surface area contributed by atoms with E-state index in [1.54, 1.807) is 6.20 Å². The molecule has 1 rings (SSSR count). The van der Waals surface area contributed by atoms with Crippen LogP contribution in [-0.4, -0.2) is 16.9 Å². The van der Waals surface area contributed by atoms with Gasteiger partial charge in [-0.1, -0.05) is 0 Å². The average Bonchev–Trinajstić information content (AvgIpc) is 2.01. The van der Waals surface area contributed by atoms with E-state index < -0.39 is 0 Å². The van der Waals surface area contributed by atoms with Crippen molar-refractivity contribution >= 4 is 17.3 Å². The van der Waals surface area contributed by atoms with Crippen LogP contribution in [0.2, 0.25) is 0 Å². The Morgan fingerprint density at radius 3 is 3.00 bits per heavy atom. The molecule has 0 aromatic carbocycles. The Morgan fingerprint density at radius 2 is 2.42 bits per heavy atom. The van der Waals surface area contributed by atoms with E-state index in [9.17, 15) is 0 Å². The number of pyridine rings is 1. The first kappa shape index (κ1) is 9.33. The van der Waals surface area contributed by atoms with Crippen molar-refractivity contribution in [3.8, 4) is 0 Å². The smallest absolute Gasteiger partial charge is 0.0480 e. The maximum atomic E-state index is 5.79. The minimum atomic E-state index is 0.151. The van der Waals surface area contributed by atoms with Gasteiger partial charge in [0.2, 0.25) is 0 Å². The third kappa shape index (κ3) is 3.09. The molecular weight excluding hydrogens is 172 g/mol. The highest BCUT2D eigenvalue weighted by molar-refractivity contribution is 6.20. The summed E-state index contributed by atoms with van der Waals surface area (Å²) < 4.78 is 0. The van der Waals surface area contributed by atoms with Crippen molar-refractivity contribution < 1.29 is 0 Å². The molecular formula is C9H13ClN2. The number of hydrogen-bond acceptors (Lipinski definition) is 2. The monoisotopic (exact) mass is 184 g/mol. The second kappa shape index (κ2) is 4.31. The number of aryl methyl sites for hydroxylation is 1. The fourth-order valence-corrected chi connectivity index (χ4v) is 0.991. The lowest BCUT2D eigenvalue weighted by atomic mass is 10.3. The Labute approximate surface area is 78.0 Å². The maximum absolute atomic E-state index is 5.79. The van der Waals surface area contributed by atoms with Crippen molar-refractivity contribution in [3.05, 3.63) is 24.0 Å². The van der Waals surface area contributed by atoms with Gasteiger partial charge in [0.1, 0.15) is 0 Å². The van der Waals surface area contributed by atoms with E-state index in [-0.39, 0.29) is 5.38 Å². The standard InChI is InChI=1S/C9H13ClN2/c1-7(10)6-12-9-3-4-11-8(2)5-9/h3-5,7H,6H2,1-2H3,(H,11,12). The van der Waals surface area contributed by atoms with Crippen LogP contribution in [-0.2, 0) is 0 Å². The van der Waals surface area contributed by atoms with Gasteiger partial charge in [-0.3, -0.25) is 4.98 Å². The van der Waals surface area contributed by atoms with Crippen LogP contribution in [0.3, 0.4) is 0 Å². The highest BCUT2D eigenvalue weighted by Gasteiger charge is 1.96. The zero-order valence-corrected chi connectivity index (χ0v) is 8.10. The topological polar surface area (TPSA) is 24.9 Å². The summed E-state index contributed by atoms with van der Waals surface area (Å²) in [5.41, 5.74) is 2.09. The van der Waals surface area contributed by atoms with Gasteiger partial charge in [0.25, 0.3) is 0 Å². The van der Waals surface area contributed by atoms with Crippen LogP contribution < -0.4 is 5.32 Å². The number of anilines is 1. The second-order valence-corrected chi connectivity index (χ2v) is 3.59. The van der Waals surface area contributed by atoms with Crippen molar-refractivity contribution in [2.45, 2.75) is 19.2 Å². The maximum Gasteiger partial charge on any atom is 0.0480 e. The third-order valence-electron chi connectivity index (χ3n) is 1.48. The summed E-state index contributed by atoms with van der Waals surface area (Å²) >= 11 is 5.79. The van der Waals surface area contributed by atoms with Gasteiger partial charge < -0.3 is 5.32 Å². The summed E-state index contributed by atoms with van der Waals surface area (Å²) in [6.45, 7) is 4.71. The van der Waals surface area contributed by atoms with Gasteiger partial charge in [0, 0.05) is 29.5 Å². The molecule has 0 aliphatic rings. The number of halogens is 1. The van der Waals surface area contributed by atoms with Crippen molar-refractivity contribution in [3.63, 3.8) is 0 Å². The van der Waals surface area contributed by atoms with Crippen LogP contribution in [0.4, 0.5) is 5.69 Å². The number of nitrogens with one attached hydrogen (secondary N) is 1. The third-order valence-corrected chi connectivity index (χ3v) is 1.64. The molecule has 0 aliphatic carbocycles. The first-order valence-electron chi connectivity index (χ1n) is 3.99. The van der Waals surface area contributed by atoms with Crippen LogP contribution in [0.1, 0.15) is 12.6 Å². The van der Waals surface area contributed by atoms with Gasteiger partial charge in [-0.05, 0) is 26.0 Å². The highest BCUT2D eigenvalue weighted by Crippen LogP contribution is 2.07. The Bertz CT molecular complexity index is 248. The summed E-state index contributed by atoms with van der Waals surface area (Å²) in [5.74, 6) is 0. The van der Waals surface area contributed by atoms with E-state index in [1.165, 1.54) is 0 Å². The first-order valence-corrected chi connectivity index (χ1v) is 4.42. The molecule has 0 fully saturated rings. The molecule has 3 heteroatoms. The molecule has 0 aliphatic heterocycles. The van der Waals surface area contributed by atoms with Gasteiger partial charge >= 0.3 is 0 Å². The van der Waals surface area contributed by atoms with Crippen LogP contribution in [0.25, 0.3) is 0 Å². The number of aromatic nitrogens is 1. The molecule has 1 atom stereocenters. The van der Waals surface area contributed by atoms with Crippen LogP contribution in [0, 0.1) is 6.92 Å². The van der Waals surface area contributed by atoms with E-state index in [0.717, 1.165) is 17.9 Å². The predicted molar refractivity (Wildman–Crippen MR) is 52.8 cm³/mol. The lowest BCUT2D eigenvalue weighted by Crippen LogP contribution is -2.10. The lowest BCUT2D eigenvalue weighted by molar-refractivity contribution is 0.986. The van der Waals surface area contributed by atoms with E-state index in [1.807, 2.05) is 26.0 Å². The number of nitrogens with zero attached hydrogens (tertiary/aromatic N) is 1. The van der Waals surface area contributed by atoms with Crippen LogP contribution in [0.15, 0.2) is 18.3 Å². The quantitative estimate of drug-likeness (QED) is 0.730. The fraction of sp³-hybridized carbons (Fsp3) is 0.444. The SMILES string of the molecule is Cc1cc(NCC(C)Cl)ccn1. The van der Waals surface area contributed by atoms with Crippen LogP contribution >= 0.6 is 11.6 Å². The zero-order valence-electron chi connectivity index (χ0n) is 7.34. The molecule has 1 unspecified atom stereocenters. The molecule has 2 nitrogen and oxygen atoms in total. The number of hydrogen-bond donors (Lipinski definition) is 1. The van der Waals surface area contributed by atoms with Crippen molar-refractivity contribution in [1.29, 1.82) is 0 Å². The summed E-state index contributed by atoms with van der Waals surface area (Å²) in [5, 5.41) is 3.36. The Hall–Kier alpha value is -0.760. The van der Waals surface area contributed by atoms with E-state index in [0.29, 0.717) is 0 Å². The van der Waals surface area contributed by atoms with E-state index >= 15 is 0 Å². The predicted octanol–water partition coefficient (Wildman–Crippen LogP) is 2.43. The molecule has 1 aromatic heterocycles. The van der Waals surface area contributed by atoms with Crippen LogP contribution in [0.5, 0.6) is 0 Å². The van der Waals surface area contributed by atoms with Gasteiger partial charge in [-0.2, -0.15) is 0 Å². The molecule has 0 bridgehead atoms. The van der Waals surface area contributed by atoms with Gasteiger partial charge in [-0.15, -0.1) is 11.6 Å². The molecule has 66 valence electrons. The fourth-order valence-electron chi connectivity index (χ4n) is 0.914. The molecule has 1 N–H and O–H groups in total. The molecule has 0 radical (unpaired) electrons. The first-order chi connectivity index (χ1) is 5.68. The summed E-state index contributed by atoms with van der Waals surface area (Å²) in [7, 11) is 0. The molecule has 0 saturated carbocycles. The molecule has 0 saturated heterocycles. The second-order valence-electron chi connectivity index (χ2n) is 2.85. The molecule has 1 aromatic rings. The lowest BCUT2D eigenvalue weighted by Gasteiger charge is -2.07. The summed E-state index contributed by atoms with van der Waals surface area (Å²) in [6, 6.07) is 3.94. The molecule has 1 heterocycles. The molecule has 0 spiro atoms. The normalized spacial score (nSPS) is 12.6. The summed E-state index contributed by atoms with van der Waals surface area (Å²) in [6.07, 6.45) is 1.79. The minimum absolute atomic E-state index is 0.151. The summed E-state index contributed by atoms with van der Waals surface area (Å²) in [4.78, 5) is 4.09. The van der Waals surface area contributed by atoms with Crippen molar-refractivity contribution in [1.82, 2.24) is 4.98 Å². The van der Waals surface area contributed by atoms with E-state index in [2.05, 4.69) is 10.3 Å². The Morgan fingerprint density at radius 1 is 1.67 bits per heavy atom. The minimum Gasteiger partial charge on any atom is -0.383 e. The van der Waals surface area contributed by atoms with Crippen molar-refractivity contribution in [2.24, 2.45) is 0 Å². The molecule has 0 amide bonds. The van der Waals surface area contributed by atoms with Gasteiger partial charge in [-0.25, -0.2) is 0 Å². The van der Waals surface area contributed by atoms with Gasteiger partial charge in [0.05, 0.1) is 0 Å². The Kier molecular flexibility index (Phi) is 3.35. The van der Waals surface area contributed by atoms with E-state index in [4.69, 9.17) is 11.6 Å². The number of rotatable bonds is 3. The zero-order chi connectivity index (χ0) is 8.97. The largest absolute Gasteiger partial charge is 0.383 e. The van der Waals surface area contributed by atoms with Crippen molar-refractivity contribution in [2.75, 3.05) is 11.9 Å². The average molecular weight is 185 g/mol. The molecule has 12 heavy (non-hydrogen) atoms. The Balaban J connectivity index is 2.52.